The third kappa shape index (κ3) is 5.84. The molecule has 34 heavy (non-hydrogen) atoms. The third-order valence-electron chi connectivity index (χ3n) is 5.23. The van der Waals surface area contributed by atoms with Gasteiger partial charge in [-0.25, -0.2) is 8.42 Å². The van der Waals surface area contributed by atoms with Crippen LogP contribution in [-0.4, -0.2) is 28.0 Å². The molecule has 0 atom stereocenters. The molecule has 1 amide bonds. The minimum atomic E-state index is -4.21. The molecule has 180 valence electrons. The first-order valence-corrected chi connectivity index (χ1v) is 12.7. The van der Waals surface area contributed by atoms with Gasteiger partial charge in [0.1, 0.15) is 17.2 Å². The second-order valence-electron chi connectivity index (χ2n) is 8.09. The maximum absolute atomic E-state index is 13.8. The van der Waals surface area contributed by atoms with Crippen molar-refractivity contribution in [3.05, 3.63) is 81.8 Å². The summed E-state index contributed by atoms with van der Waals surface area (Å²) in [5.74, 6) is 0.00301. The third-order valence-corrected chi connectivity index (χ3v) is 7.76. The number of aryl methyl sites for hydroxylation is 1. The molecule has 0 spiro atoms. The number of amides is 1. The van der Waals surface area contributed by atoms with Crippen LogP contribution in [0, 0.1) is 6.92 Å². The topological polar surface area (TPSA) is 75.7 Å². The van der Waals surface area contributed by atoms with Gasteiger partial charge in [0.05, 0.1) is 22.8 Å². The summed E-state index contributed by atoms with van der Waals surface area (Å²) in [6.45, 7) is 5.44. The average molecular weight is 521 g/mol. The van der Waals surface area contributed by atoms with Gasteiger partial charge in [-0.1, -0.05) is 55.2 Å². The Balaban J connectivity index is 2.00. The molecule has 0 radical (unpaired) electrons. The highest BCUT2D eigenvalue weighted by Crippen LogP contribution is 2.34. The van der Waals surface area contributed by atoms with Gasteiger partial charge in [-0.05, 0) is 66.4 Å². The first-order chi connectivity index (χ1) is 16.0. The quantitative estimate of drug-likeness (QED) is 0.379. The van der Waals surface area contributed by atoms with Gasteiger partial charge >= 0.3 is 0 Å². The Bertz CT molecular complexity index is 1290. The lowest BCUT2D eigenvalue weighted by molar-refractivity contribution is -0.114. The van der Waals surface area contributed by atoms with Gasteiger partial charge in [0.25, 0.3) is 10.0 Å². The molecule has 0 aromatic heterocycles. The van der Waals surface area contributed by atoms with E-state index >= 15 is 0 Å². The number of nitrogens with zero attached hydrogens (tertiary/aromatic N) is 1. The number of anilines is 2. The van der Waals surface area contributed by atoms with E-state index in [9.17, 15) is 13.2 Å². The number of nitrogens with one attached hydrogen (secondary N) is 1. The van der Waals surface area contributed by atoms with Crippen LogP contribution in [0.15, 0.2) is 65.6 Å². The second kappa shape index (κ2) is 10.7. The number of hydrogen-bond acceptors (Lipinski definition) is 4. The Labute approximate surface area is 210 Å². The molecule has 9 heteroatoms. The lowest BCUT2D eigenvalue weighted by Gasteiger charge is -2.25. The van der Waals surface area contributed by atoms with Gasteiger partial charge in [-0.3, -0.25) is 9.10 Å². The van der Waals surface area contributed by atoms with E-state index in [1.807, 2.05) is 12.1 Å². The van der Waals surface area contributed by atoms with Crippen molar-refractivity contribution in [3.8, 4) is 5.75 Å². The summed E-state index contributed by atoms with van der Waals surface area (Å²) in [5.41, 5.74) is 2.62. The highest BCUT2D eigenvalue weighted by molar-refractivity contribution is 7.93. The van der Waals surface area contributed by atoms with Gasteiger partial charge in [0.15, 0.2) is 0 Å². The fraction of sp³-hybridized carbons (Fsp3) is 0.240. The van der Waals surface area contributed by atoms with Crippen molar-refractivity contribution in [2.45, 2.75) is 31.6 Å². The Hall–Kier alpha value is -2.74. The van der Waals surface area contributed by atoms with Crippen LogP contribution < -0.4 is 14.4 Å². The van der Waals surface area contributed by atoms with E-state index in [1.165, 1.54) is 31.4 Å². The predicted molar refractivity (Wildman–Crippen MR) is 138 cm³/mol. The predicted octanol–water partition coefficient (Wildman–Crippen LogP) is 6.27. The first-order valence-electron chi connectivity index (χ1n) is 10.5. The van der Waals surface area contributed by atoms with Crippen LogP contribution in [-0.2, 0) is 14.8 Å². The number of methoxy groups -OCH3 is 1. The SMILES string of the molecule is COc1ccc(C)cc1S(=O)(=O)N(CC(=O)Nc1ccc(C(C)C)cc1)c1ccc(Cl)c(Cl)c1. The molecule has 3 aromatic carbocycles. The van der Waals surface area contributed by atoms with Crippen LogP contribution >= 0.6 is 23.2 Å². The zero-order valence-electron chi connectivity index (χ0n) is 19.3. The van der Waals surface area contributed by atoms with E-state index in [2.05, 4.69) is 19.2 Å². The summed E-state index contributed by atoms with van der Waals surface area (Å²) in [7, 11) is -2.82. The number of sulfonamides is 1. The van der Waals surface area contributed by atoms with Crippen LogP contribution in [0.5, 0.6) is 5.75 Å². The zero-order chi connectivity index (χ0) is 25.0. The Morgan fingerprint density at radius 2 is 1.68 bits per heavy atom. The molecule has 0 saturated heterocycles. The molecule has 0 saturated carbocycles. The van der Waals surface area contributed by atoms with E-state index in [4.69, 9.17) is 27.9 Å². The molecule has 0 aliphatic heterocycles. The molecule has 0 unspecified atom stereocenters. The number of halogens is 2. The summed E-state index contributed by atoms with van der Waals surface area (Å²) in [5, 5.41) is 3.20. The molecule has 1 N–H and O–H groups in total. The largest absolute Gasteiger partial charge is 0.495 e. The van der Waals surface area contributed by atoms with E-state index in [0.29, 0.717) is 11.6 Å². The number of benzene rings is 3. The van der Waals surface area contributed by atoms with Gasteiger partial charge in [0.2, 0.25) is 5.91 Å². The summed E-state index contributed by atoms with van der Waals surface area (Å²) in [4.78, 5) is 12.9. The summed E-state index contributed by atoms with van der Waals surface area (Å²) in [6, 6.07) is 16.6. The van der Waals surface area contributed by atoms with Gasteiger partial charge in [0, 0.05) is 5.69 Å². The molecule has 0 heterocycles. The zero-order valence-corrected chi connectivity index (χ0v) is 21.6. The normalized spacial score (nSPS) is 11.4. The van der Waals surface area contributed by atoms with Crippen molar-refractivity contribution in [2.24, 2.45) is 0 Å². The van der Waals surface area contributed by atoms with E-state index < -0.39 is 22.5 Å². The molecule has 6 nitrogen and oxygen atoms in total. The van der Waals surface area contributed by atoms with Crippen LogP contribution in [0.1, 0.15) is 30.9 Å². The van der Waals surface area contributed by atoms with Gasteiger partial charge in [-0.2, -0.15) is 0 Å². The maximum atomic E-state index is 13.8. The monoisotopic (exact) mass is 520 g/mol. The van der Waals surface area contributed by atoms with Crippen LogP contribution in [0.4, 0.5) is 11.4 Å². The van der Waals surface area contributed by atoms with Crippen LogP contribution in [0.3, 0.4) is 0 Å². The fourth-order valence-electron chi connectivity index (χ4n) is 3.34. The van der Waals surface area contributed by atoms with Crippen molar-refractivity contribution in [3.63, 3.8) is 0 Å². The van der Waals surface area contributed by atoms with Gasteiger partial charge in [-0.15, -0.1) is 0 Å². The summed E-state index contributed by atoms with van der Waals surface area (Å²) < 4.78 is 33.8. The standard InChI is InChI=1S/C25H26Cl2N2O4S/c1-16(2)18-6-8-19(9-7-18)28-25(30)15-29(20-10-11-21(26)22(27)14-20)34(31,32)24-13-17(3)5-12-23(24)33-4/h5-14,16H,15H2,1-4H3,(H,28,30). The second-order valence-corrected chi connectivity index (χ2v) is 10.7. The first kappa shape index (κ1) is 25.9. The van der Waals surface area contributed by atoms with Crippen LogP contribution in [0.2, 0.25) is 10.0 Å². The van der Waals surface area contributed by atoms with Gasteiger partial charge < -0.3 is 10.1 Å². The minimum absolute atomic E-state index is 0.0600. The smallest absolute Gasteiger partial charge is 0.268 e. The van der Waals surface area contributed by atoms with E-state index in [1.54, 1.807) is 31.2 Å². The highest BCUT2D eigenvalue weighted by atomic mass is 35.5. The van der Waals surface area contributed by atoms with E-state index in [-0.39, 0.29) is 26.4 Å². The number of rotatable bonds is 8. The molecule has 0 fully saturated rings. The van der Waals surface area contributed by atoms with Crippen molar-refractivity contribution >= 4 is 50.5 Å². The fourth-order valence-corrected chi connectivity index (χ4v) is 5.29. The summed E-state index contributed by atoms with van der Waals surface area (Å²) in [6.07, 6.45) is 0. The summed E-state index contributed by atoms with van der Waals surface area (Å²) >= 11 is 12.2. The average Bonchev–Trinajstić information content (AvgIpc) is 2.79. The molecule has 3 rings (SSSR count). The van der Waals surface area contributed by atoms with Crippen molar-refractivity contribution in [2.75, 3.05) is 23.3 Å². The molecule has 3 aromatic rings. The molecular weight excluding hydrogens is 495 g/mol. The number of hydrogen-bond donors (Lipinski definition) is 1. The minimum Gasteiger partial charge on any atom is -0.495 e. The number of carbonyl (C=O) groups excluding carboxylic acids is 1. The van der Waals surface area contributed by atoms with Crippen LogP contribution in [0.25, 0.3) is 0 Å². The molecular formula is C25H26Cl2N2O4S. The number of carbonyl (C=O) groups is 1. The Morgan fingerprint density at radius 3 is 2.26 bits per heavy atom. The maximum Gasteiger partial charge on any atom is 0.268 e. The lowest BCUT2D eigenvalue weighted by Crippen LogP contribution is -2.38. The lowest BCUT2D eigenvalue weighted by atomic mass is 10.0. The molecule has 0 aliphatic rings. The Kier molecular flexibility index (Phi) is 8.13. The van der Waals surface area contributed by atoms with Crippen molar-refractivity contribution < 1.29 is 17.9 Å². The molecule has 0 aliphatic carbocycles. The van der Waals surface area contributed by atoms with Crippen molar-refractivity contribution in [1.29, 1.82) is 0 Å². The Morgan fingerprint density at radius 1 is 1.00 bits per heavy atom. The highest BCUT2D eigenvalue weighted by Gasteiger charge is 2.30. The molecule has 0 bridgehead atoms. The van der Waals surface area contributed by atoms with Crippen molar-refractivity contribution in [1.82, 2.24) is 0 Å². The number of ether oxygens (including phenoxy) is 1. The van der Waals surface area contributed by atoms with E-state index in [0.717, 1.165) is 15.4 Å².